The molecule has 1 fully saturated rings. The molecule has 1 saturated heterocycles. The molecule has 186 valence electrons. The highest BCUT2D eigenvalue weighted by Gasteiger charge is 2.36. The average Bonchev–Trinajstić information content (AvgIpc) is 3.35. The summed E-state index contributed by atoms with van der Waals surface area (Å²) in [5.41, 5.74) is 2.67. The number of hydrogen-bond donors (Lipinski definition) is 0. The van der Waals surface area contributed by atoms with Crippen LogP contribution in [0.15, 0.2) is 53.6 Å². The van der Waals surface area contributed by atoms with Crippen LogP contribution in [-0.4, -0.2) is 68.0 Å². The number of ether oxygens (including phenoxy) is 3. The van der Waals surface area contributed by atoms with Crippen molar-refractivity contribution in [1.29, 1.82) is 0 Å². The SMILES string of the molecule is CCOC(=O)[C@@H]1CCCN(CC(=O)N2N=C(c3ccccc3)C[C@@H]2c2cc(OC)ccc2OC)C1. The maximum absolute atomic E-state index is 13.6. The summed E-state index contributed by atoms with van der Waals surface area (Å²) in [4.78, 5) is 27.9. The second-order valence-electron chi connectivity index (χ2n) is 8.81. The summed E-state index contributed by atoms with van der Waals surface area (Å²) in [5.74, 6) is 0.866. The van der Waals surface area contributed by atoms with E-state index in [-0.39, 0.29) is 30.4 Å². The van der Waals surface area contributed by atoms with Crippen LogP contribution in [0.5, 0.6) is 11.5 Å². The number of piperidine rings is 1. The van der Waals surface area contributed by atoms with Crippen molar-refractivity contribution >= 4 is 17.6 Å². The van der Waals surface area contributed by atoms with Gasteiger partial charge in [-0.3, -0.25) is 14.5 Å². The van der Waals surface area contributed by atoms with Gasteiger partial charge < -0.3 is 14.2 Å². The van der Waals surface area contributed by atoms with Crippen LogP contribution in [-0.2, 0) is 14.3 Å². The summed E-state index contributed by atoms with van der Waals surface area (Å²) >= 11 is 0. The number of rotatable bonds is 8. The first-order valence-corrected chi connectivity index (χ1v) is 12.1. The molecule has 0 aliphatic carbocycles. The van der Waals surface area contributed by atoms with Crippen molar-refractivity contribution in [3.05, 3.63) is 59.7 Å². The van der Waals surface area contributed by atoms with Crippen molar-refractivity contribution in [2.45, 2.75) is 32.2 Å². The Hall–Kier alpha value is -3.39. The fraction of sp³-hybridized carbons (Fsp3) is 0.444. The predicted octanol–water partition coefficient (Wildman–Crippen LogP) is 3.66. The first-order chi connectivity index (χ1) is 17.0. The third-order valence-corrected chi connectivity index (χ3v) is 6.55. The first kappa shape index (κ1) is 24.7. The highest BCUT2D eigenvalue weighted by Crippen LogP contribution is 2.39. The number of methoxy groups -OCH3 is 2. The number of esters is 1. The minimum atomic E-state index is -0.326. The Morgan fingerprint density at radius 1 is 1.09 bits per heavy atom. The topological polar surface area (TPSA) is 80.7 Å². The summed E-state index contributed by atoms with van der Waals surface area (Å²) in [6, 6.07) is 15.2. The molecule has 0 unspecified atom stereocenters. The van der Waals surface area contributed by atoms with Gasteiger partial charge in [-0.05, 0) is 50.1 Å². The van der Waals surface area contributed by atoms with Crippen molar-refractivity contribution in [1.82, 2.24) is 9.91 Å². The third kappa shape index (κ3) is 5.65. The maximum Gasteiger partial charge on any atom is 0.310 e. The largest absolute Gasteiger partial charge is 0.497 e. The van der Waals surface area contributed by atoms with Crippen LogP contribution < -0.4 is 9.47 Å². The van der Waals surface area contributed by atoms with Crippen molar-refractivity contribution in [2.75, 3.05) is 40.5 Å². The first-order valence-electron chi connectivity index (χ1n) is 12.1. The molecule has 0 radical (unpaired) electrons. The van der Waals surface area contributed by atoms with E-state index >= 15 is 0 Å². The normalized spacial score (nSPS) is 20.3. The van der Waals surface area contributed by atoms with Crippen LogP contribution in [0.4, 0.5) is 0 Å². The van der Waals surface area contributed by atoms with Crippen LogP contribution in [0.1, 0.15) is 43.4 Å². The average molecular weight is 480 g/mol. The number of nitrogens with zero attached hydrogens (tertiary/aromatic N) is 3. The van der Waals surface area contributed by atoms with Crippen molar-refractivity contribution in [2.24, 2.45) is 11.0 Å². The Bertz CT molecular complexity index is 1070. The molecule has 0 saturated carbocycles. The van der Waals surface area contributed by atoms with Gasteiger partial charge in [0.05, 0.1) is 45.0 Å². The zero-order valence-electron chi connectivity index (χ0n) is 20.6. The summed E-state index contributed by atoms with van der Waals surface area (Å²) in [6.07, 6.45) is 2.19. The number of hydrogen-bond acceptors (Lipinski definition) is 7. The van der Waals surface area contributed by atoms with E-state index in [2.05, 4.69) is 0 Å². The van der Waals surface area contributed by atoms with Gasteiger partial charge in [0.15, 0.2) is 0 Å². The molecule has 2 aromatic carbocycles. The van der Waals surface area contributed by atoms with E-state index in [9.17, 15) is 9.59 Å². The molecule has 35 heavy (non-hydrogen) atoms. The monoisotopic (exact) mass is 479 g/mol. The summed E-state index contributed by atoms with van der Waals surface area (Å²) in [7, 11) is 3.24. The van der Waals surface area contributed by atoms with Gasteiger partial charge in [-0.2, -0.15) is 5.10 Å². The quantitative estimate of drug-likeness (QED) is 0.538. The van der Waals surface area contributed by atoms with Gasteiger partial charge in [0.2, 0.25) is 0 Å². The Morgan fingerprint density at radius 2 is 1.89 bits per heavy atom. The molecule has 0 spiro atoms. The second kappa shape index (κ2) is 11.4. The van der Waals surface area contributed by atoms with E-state index in [0.29, 0.717) is 31.1 Å². The van der Waals surface area contributed by atoms with Gasteiger partial charge in [-0.25, -0.2) is 5.01 Å². The molecule has 4 rings (SSSR count). The number of amides is 1. The molecule has 2 aliphatic heterocycles. The van der Waals surface area contributed by atoms with E-state index in [1.54, 1.807) is 19.2 Å². The van der Waals surface area contributed by atoms with E-state index in [1.165, 1.54) is 0 Å². The molecule has 0 aromatic heterocycles. The Balaban J connectivity index is 1.59. The van der Waals surface area contributed by atoms with Gasteiger partial charge in [-0.15, -0.1) is 0 Å². The Morgan fingerprint density at radius 3 is 2.60 bits per heavy atom. The number of carbonyl (C=O) groups is 2. The summed E-state index contributed by atoms with van der Waals surface area (Å²) in [6.45, 7) is 3.64. The van der Waals surface area contributed by atoms with Gasteiger partial charge in [-0.1, -0.05) is 30.3 Å². The van der Waals surface area contributed by atoms with Crippen molar-refractivity contribution in [3.63, 3.8) is 0 Å². The fourth-order valence-corrected chi connectivity index (χ4v) is 4.80. The number of likely N-dealkylation sites (tertiary alicyclic amines) is 1. The van der Waals surface area contributed by atoms with E-state index in [4.69, 9.17) is 19.3 Å². The lowest BCUT2D eigenvalue weighted by Crippen LogP contribution is -2.44. The molecular weight excluding hydrogens is 446 g/mol. The van der Waals surface area contributed by atoms with Crippen molar-refractivity contribution in [3.8, 4) is 11.5 Å². The highest BCUT2D eigenvalue weighted by atomic mass is 16.5. The van der Waals surface area contributed by atoms with Crippen LogP contribution in [0, 0.1) is 5.92 Å². The lowest BCUT2D eigenvalue weighted by atomic mass is 9.97. The minimum absolute atomic E-state index is 0.115. The zero-order valence-corrected chi connectivity index (χ0v) is 20.6. The van der Waals surface area contributed by atoms with Crippen molar-refractivity contribution < 1.29 is 23.8 Å². The molecule has 8 nitrogen and oxygen atoms in total. The highest BCUT2D eigenvalue weighted by molar-refractivity contribution is 6.03. The molecule has 2 aromatic rings. The standard InChI is InChI=1S/C27H33N3O5/c1-4-35-27(32)20-11-8-14-29(17-20)18-26(31)30-24(16-23(28-30)19-9-6-5-7-10-19)22-15-21(33-2)12-13-25(22)34-3/h5-7,9-10,12-13,15,20,24H,4,8,11,14,16-18H2,1-3H3/t20-,24-/m1/s1. The number of benzene rings is 2. The van der Waals surface area contributed by atoms with E-state index in [0.717, 1.165) is 36.2 Å². The molecule has 0 bridgehead atoms. The third-order valence-electron chi connectivity index (χ3n) is 6.55. The van der Waals surface area contributed by atoms with Gasteiger partial charge in [0, 0.05) is 18.5 Å². The van der Waals surface area contributed by atoms with E-state index < -0.39 is 0 Å². The molecule has 8 heteroatoms. The molecule has 2 aliphatic rings. The van der Waals surface area contributed by atoms with E-state index in [1.807, 2.05) is 60.4 Å². The second-order valence-corrected chi connectivity index (χ2v) is 8.81. The zero-order chi connectivity index (χ0) is 24.8. The van der Waals surface area contributed by atoms with Gasteiger partial charge in [0.25, 0.3) is 5.91 Å². The molecule has 2 heterocycles. The predicted molar refractivity (Wildman–Crippen MR) is 133 cm³/mol. The van der Waals surface area contributed by atoms with Gasteiger partial charge in [0.1, 0.15) is 11.5 Å². The van der Waals surface area contributed by atoms with Gasteiger partial charge >= 0.3 is 5.97 Å². The van der Waals surface area contributed by atoms with Crippen LogP contribution >= 0.6 is 0 Å². The Kier molecular flexibility index (Phi) is 8.02. The molecule has 1 amide bonds. The summed E-state index contributed by atoms with van der Waals surface area (Å²) in [5, 5.41) is 6.36. The smallest absolute Gasteiger partial charge is 0.310 e. The number of carbonyl (C=O) groups excluding carboxylic acids is 2. The molecule has 0 N–H and O–H groups in total. The number of hydrazone groups is 1. The fourth-order valence-electron chi connectivity index (χ4n) is 4.80. The van der Waals surface area contributed by atoms with Crippen LogP contribution in [0.2, 0.25) is 0 Å². The minimum Gasteiger partial charge on any atom is -0.497 e. The molecular formula is C27H33N3O5. The summed E-state index contributed by atoms with van der Waals surface area (Å²) < 4.78 is 16.3. The molecule has 2 atom stereocenters. The lowest BCUT2D eigenvalue weighted by Gasteiger charge is -2.32. The lowest BCUT2D eigenvalue weighted by molar-refractivity contribution is -0.150. The van der Waals surface area contributed by atoms with Crippen LogP contribution in [0.3, 0.4) is 0 Å². The Labute approximate surface area is 206 Å². The maximum atomic E-state index is 13.6. The van der Waals surface area contributed by atoms with Crippen LogP contribution in [0.25, 0.3) is 0 Å².